The zero-order valence-corrected chi connectivity index (χ0v) is 12.6. The van der Waals surface area contributed by atoms with Crippen LogP contribution in [-0.2, 0) is 4.74 Å². The van der Waals surface area contributed by atoms with Crippen molar-refractivity contribution in [3.63, 3.8) is 0 Å². The highest BCUT2D eigenvalue weighted by molar-refractivity contribution is 5.92. The number of aryl methyl sites for hydroxylation is 2. The molecule has 0 bridgehead atoms. The van der Waals surface area contributed by atoms with Crippen LogP contribution >= 0.6 is 0 Å². The van der Waals surface area contributed by atoms with Gasteiger partial charge < -0.3 is 9.64 Å². The molecule has 3 rings (SSSR count). The summed E-state index contributed by atoms with van der Waals surface area (Å²) in [6, 6.07) is 1.82. The number of carbonyl (C=O) groups excluding carboxylic acids is 1. The quantitative estimate of drug-likeness (QED) is 0.826. The Kier molecular flexibility index (Phi) is 4.06. The zero-order chi connectivity index (χ0) is 15.5. The maximum Gasteiger partial charge on any atom is 0.274 e. The van der Waals surface area contributed by atoms with Gasteiger partial charge in [0.2, 0.25) is 0 Å². The van der Waals surface area contributed by atoms with Gasteiger partial charge in [-0.25, -0.2) is 15.0 Å². The largest absolute Gasteiger partial charge is 0.368 e. The lowest BCUT2D eigenvalue weighted by Crippen LogP contribution is -2.42. The van der Waals surface area contributed by atoms with Crippen LogP contribution < -0.4 is 0 Å². The van der Waals surface area contributed by atoms with E-state index < -0.39 is 0 Å². The molecule has 1 fully saturated rings. The maximum atomic E-state index is 12.5. The Morgan fingerprint density at radius 2 is 2.14 bits per heavy atom. The van der Waals surface area contributed by atoms with Crippen LogP contribution in [0.3, 0.4) is 0 Å². The van der Waals surface area contributed by atoms with Gasteiger partial charge >= 0.3 is 0 Å². The number of hydrogen-bond acceptors (Lipinski definition) is 6. The summed E-state index contributed by atoms with van der Waals surface area (Å²) in [5.41, 5.74) is 1.93. The van der Waals surface area contributed by atoms with Crippen molar-refractivity contribution < 1.29 is 9.53 Å². The number of morpholine rings is 1. The predicted molar refractivity (Wildman–Crippen MR) is 78.1 cm³/mol. The second-order valence-electron chi connectivity index (χ2n) is 5.18. The lowest BCUT2D eigenvalue weighted by molar-refractivity contribution is -0.0250. The highest BCUT2D eigenvalue weighted by Gasteiger charge is 2.27. The normalized spacial score (nSPS) is 18.3. The fraction of sp³-hybridized carbons (Fsp3) is 0.400. The molecule has 114 valence electrons. The zero-order valence-electron chi connectivity index (χ0n) is 12.6. The summed E-state index contributed by atoms with van der Waals surface area (Å²) in [4.78, 5) is 30.9. The first-order valence-electron chi connectivity index (χ1n) is 7.12. The van der Waals surface area contributed by atoms with Crippen LogP contribution in [0.25, 0.3) is 0 Å². The Hall–Kier alpha value is -2.41. The van der Waals surface area contributed by atoms with E-state index in [1.165, 1.54) is 6.20 Å². The van der Waals surface area contributed by atoms with E-state index in [9.17, 15) is 4.79 Å². The second-order valence-corrected chi connectivity index (χ2v) is 5.18. The van der Waals surface area contributed by atoms with Crippen molar-refractivity contribution in [2.24, 2.45) is 0 Å². The highest BCUT2D eigenvalue weighted by Crippen LogP contribution is 2.21. The van der Waals surface area contributed by atoms with E-state index in [4.69, 9.17) is 4.74 Å². The van der Waals surface area contributed by atoms with Crippen molar-refractivity contribution in [3.8, 4) is 0 Å². The molecular weight excluding hydrogens is 282 g/mol. The lowest BCUT2D eigenvalue weighted by Gasteiger charge is -2.32. The van der Waals surface area contributed by atoms with Gasteiger partial charge in [0.1, 0.15) is 17.6 Å². The van der Waals surface area contributed by atoms with Crippen molar-refractivity contribution in [1.82, 2.24) is 24.8 Å². The molecule has 0 aromatic carbocycles. The minimum Gasteiger partial charge on any atom is -0.368 e. The SMILES string of the molecule is Cc1cnc(C(=O)N2CCOC(c3ccnc(C)n3)C2)cn1. The topological polar surface area (TPSA) is 81.1 Å². The van der Waals surface area contributed by atoms with Gasteiger partial charge in [-0.2, -0.15) is 0 Å². The molecule has 1 aliphatic rings. The Morgan fingerprint density at radius 3 is 2.86 bits per heavy atom. The van der Waals surface area contributed by atoms with Crippen molar-refractivity contribution >= 4 is 5.91 Å². The van der Waals surface area contributed by atoms with Crippen LogP contribution in [0, 0.1) is 13.8 Å². The van der Waals surface area contributed by atoms with Gasteiger partial charge in [-0.15, -0.1) is 0 Å². The molecule has 1 unspecified atom stereocenters. The molecule has 7 heteroatoms. The van der Waals surface area contributed by atoms with Gasteiger partial charge in [-0.05, 0) is 19.9 Å². The third-order valence-electron chi connectivity index (χ3n) is 3.48. The molecule has 3 heterocycles. The van der Waals surface area contributed by atoms with E-state index in [2.05, 4.69) is 19.9 Å². The molecule has 1 aliphatic heterocycles. The molecule has 0 N–H and O–H groups in total. The average molecular weight is 299 g/mol. The van der Waals surface area contributed by atoms with Crippen molar-refractivity contribution in [3.05, 3.63) is 47.6 Å². The summed E-state index contributed by atoms with van der Waals surface area (Å²) < 4.78 is 5.73. The predicted octanol–water partition coefficient (Wildman–Crippen LogP) is 1.10. The van der Waals surface area contributed by atoms with Gasteiger partial charge in [0.25, 0.3) is 5.91 Å². The fourth-order valence-corrected chi connectivity index (χ4v) is 2.33. The number of amides is 1. The molecule has 2 aromatic heterocycles. The molecule has 7 nitrogen and oxygen atoms in total. The molecule has 0 spiro atoms. The van der Waals surface area contributed by atoms with Crippen molar-refractivity contribution in [1.29, 1.82) is 0 Å². The van der Waals surface area contributed by atoms with Crippen molar-refractivity contribution in [2.45, 2.75) is 20.0 Å². The Morgan fingerprint density at radius 1 is 1.27 bits per heavy atom. The molecule has 1 atom stereocenters. The highest BCUT2D eigenvalue weighted by atomic mass is 16.5. The molecular formula is C15H17N5O2. The first-order chi connectivity index (χ1) is 10.6. The van der Waals surface area contributed by atoms with Gasteiger partial charge in [0, 0.05) is 18.9 Å². The van der Waals surface area contributed by atoms with E-state index in [0.29, 0.717) is 31.2 Å². The number of ether oxygens (including phenoxy) is 1. The molecule has 0 saturated carbocycles. The molecule has 0 radical (unpaired) electrons. The lowest BCUT2D eigenvalue weighted by atomic mass is 10.2. The monoisotopic (exact) mass is 299 g/mol. The molecule has 0 aliphatic carbocycles. The third-order valence-corrected chi connectivity index (χ3v) is 3.48. The van der Waals surface area contributed by atoms with Crippen LogP contribution in [0.5, 0.6) is 0 Å². The van der Waals surface area contributed by atoms with Crippen LogP contribution in [0.15, 0.2) is 24.7 Å². The first-order valence-corrected chi connectivity index (χ1v) is 7.12. The fourth-order valence-electron chi connectivity index (χ4n) is 2.33. The van der Waals surface area contributed by atoms with Crippen LogP contribution in [0.4, 0.5) is 0 Å². The summed E-state index contributed by atoms with van der Waals surface area (Å²) in [6.07, 6.45) is 4.57. The molecule has 2 aromatic rings. The maximum absolute atomic E-state index is 12.5. The molecule has 1 saturated heterocycles. The Bertz CT molecular complexity index is 674. The minimum absolute atomic E-state index is 0.133. The molecule has 22 heavy (non-hydrogen) atoms. The van der Waals surface area contributed by atoms with E-state index in [1.807, 2.05) is 19.9 Å². The Labute approximate surface area is 128 Å². The summed E-state index contributed by atoms with van der Waals surface area (Å²) in [5.74, 6) is 0.556. The van der Waals surface area contributed by atoms with Crippen LogP contribution in [-0.4, -0.2) is 50.4 Å². The van der Waals surface area contributed by atoms with E-state index in [0.717, 1.165) is 11.4 Å². The summed E-state index contributed by atoms with van der Waals surface area (Å²) in [5, 5.41) is 0. The summed E-state index contributed by atoms with van der Waals surface area (Å²) in [6.45, 7) is 5.12. The Balaban J connectivity index is 1.75. The molecule has 1 amide bonds. The van der Waals surface area contributed by atoms with Gasteiger partial charge in [0.15, 0.2) is 0 Å². The van der Waals surface area contributed by atoms with E-state index >= 15 is 0 Å². The summed E-state index contributed by atoms with van der Waals surface area (Å²) in [7, 11) is 0. The van der Waals surface area contributed by atoms with E-state index in [-0.39, 0.29) is 12.0 Å². The number of nitrogens with zero attached hydrogens (tertiary/aromatic N) is 5. The number of aromatic nitrogens is 4. The summed E-state index contributed by atoms with van der Waals surface area (Å²) >= 11 is 0. The van der Waals surface area contributed by atoms with Gasteiger partial charge in [0.05, 0.1) is 30.7 Å². The smallest absolute Gasteiger partial charge is 0.274 e. The third kappa shape index (κ3) is 3.09. The van der Waals surface area contributed by atoms with Crippen molar-refractivity contribution in [2.75, 3.05) is 19.7 Å². The van der Waals surface area contributed by atoms with Crippen LogP contribution in [0.1, 0.15) is 33.8 Å². The average Bonchev–Trinajstić information content (AvgIpc) is 2.55. The second kappa shape index (κ2) is 6.15. The van der Waals surface area contributed by atoms with Gasteiger partial charge in [-0.1, -0.05) is 0 Å². The van der Waals surface area contributed by atoms with E-state index in [1.54, 1.807) is 17.3 Å². The number of rotatable bonds is 2. The number of carbonyl (C=O) groups is 1. The van der Waals surface area contributed by atoms with Gasteiger partial charge in [-0.3, -0.25) is 9.78 Å². The standard InChI is InChI=1S/C15H17N5O2/c1-10-7-18-13(8-17-10)15(21)20-5-6-22-14(9-20)12-3-4-16-11(2)19-12/h3-4,7-8,14H,5-6,9H2,1-2H3. The first kappa shape index (κ1) is 14.5. The van der Waals surface area contributed by atoms with Crippen LogP contribution in [0.2, 0.25) is 0 Å². The minimum atomic E-state index is -0.238. The number of hydrogen-bond donors (Lipinski definition) is 0.